The predicted octanol–water partition coefficient (Wildman–Crippen LogP) is 0.579. The van der Waals surface area contributed by atoms with Crippen molar-refractivity contribution < 1.29 is 19.1 Å². The maximum absolute atomic E-state index is 12.3. The number of hydrogen-bond acceptors (Lipinski definition) is 4. The second-order valence-corrected chi connectivity index (χ2v) is 5.85. The lowest BCUT2D eigenvalue weighted by molar-refractivity contribution is -0.166. The predicted molar refractivity (Wildman–Crippen MR) is 62.7 cm³/mol. The molecule has 2 heterocycles. The van der Waals surface area contributed by atoms with Crippen LogP contribution in [0, 0.1) is 10.8 Å². The topological polar surface area (TPSA) is 55.8 Å². The fraction of sp³-hybridized carbons (Fsp3) is 0.846. The Balaban J connectivity index is 1.61. The number of nitrogens with zero attached hydrogens (tertiary/aromatic N) is 1. The zero-order valence-corrected chi connectivity index (χ0v) is 10.7. The molecule has 3 fully saturated rings. The Hall–Kier alpha value is -1.10. The molecule has 1 saturated carbocycles. The number of ether oxygens (including phenoxy) is 2. The van der Waals surface area contributed by atoms with E-state index in [1.807, 2.05) is 4.90 Å². The maximum atomic E-state index is 12.3. The zero-order chi connectivity index (χ0) is 12.8. The van der Waals surface area contributed by atoms with E-state index in [1.54, 1.807) is 0 Å². The standard InChI is InChI=1S/C13H19NO4/c1-17-11(16)13(2-3-13)10(15)14-8-12(9-14)4-6-18-7-5-12/h2-9H2,1H3. The molecule has 5 nitrogen and oxygen atoms in total. The van der Waals surface area contributed by atoms with Crippen LogP contribution in [-0.2, 0) is 19.1 Å². The van der Waals surface area contributed by atoms with E-state index in [0.717, 1.165) is 39.1 Å². The fourth-order valence-corrected chi connectivity index (χ4v) is 3.16. The van der Waals surface area contributed by atoms with Gasteiger partial charge in [0.15, 0.2) is 0 Å². The molecule has 5 heteroatoms. The van der Waals surface area contributed by atoms with Crippen LogP contribution in [0.25, 0.3) is 0 Å². The number of rotatable bonds is 2. The van der Waals surface area contributed by atoms with E-state index < -0.39 is 5.41 Å². The third kappa shape index (κ3) is 1.64. The van der Waals surface area contributed by atoms with Gasteiger partial charge in [0, 0.05) is 31.7 Å². The Morgan fingerprint density at radius 2 is 1.72 bits per heavy atom. The van der Waals surface area contributed by atoms with Gasteiger partial charge in [-0.2, -0.15) is 0 Å². The molecule has 0 N–H and O–H groups in total. The molecule has 0 radical (unpaired) electrons. The van der Waals surface area contributed by atoms with Crippen molar-refractivity contribution in [3.8, 4) is 0 Å². The summed E-state index contributed by atoms with van der Waals surface area (Å²) < 4.78 is 10.1. The van der Waals surface area contributed by atoms with Crippen LogP contribution < -0.4 is 0 Å². The van der Waals surface area contributed by atoms with Crippen molar-refractivity contribution in [2.45, 2.75) is 25.7 Å². The second kappa shape index (κ2) is 3.95. The molecule has 3 rings (SSSR count). The average Bonchev–Trinajstić information content (AvgIpc) is 3.16. The van der Waals surface area contributed by atoms with Crippen LogP contribution in [0.3, 0.4) is 0 Å². The highest BCUT2D eigenvalue weighted by Gasteiger charge is 2.61. The molecule has 1 amide bonds. The molecule has 0 aromatic heterocycles. The van der Waals surface area contributed by atoms with Gasteiger partial charge >= 0.3 is 5.97 Å². The molecule has 0 unspecified atom stereocenters. The first-order valence-corrected chi connectivity index (χ1v) is 6.58. The van der Waals surface area contributed by atoms with E-state index in [0.29, 0.717) is 12.8 Å². The number of esters is 1. The van der Waals surface area contributed by atoms with E-state index >= 15 is 0 Å². The summed E-state index contributed by atoms with van der Waals surface area (Å²) >= 11 is 0. The fourth-order valence-electron chi connectivity index (χ4n) is 3.16. The van der Waals surface area contributed by atoms with Gasteiger partial charge in [-0.15, -0.1) is 0 Å². The number of hydrogen-bond donors (Lipinski definition) is 0. The molecule has 18 heavy (non-hydrogen) atoms. The number of carbonyl (C=O) groups is 2. The molecular weight excluding hydrogens is 234 g/mol. The minimum atomic E-state index is -0.832. The van der Waals surface area contributed by atoms with E-state index in [4.69, 9.17) is 9.47 Å². The number of methoxy groups -OCH3 is 1. The molecule has 0 bridgehead atoms. The van der Waals surface area contributed by atoms with Crippen molar-refractivity contribution in [1.82, 2.24) is 4.90 Å². The Kier molecular flexibility index (Phi) is 2.62. The summed E-state index contributed by atoms with van der Waals surface area (Å²) in [5.41, 5.74) is -0.568. The lowest BCUT2D eigenvalue weighted by Gasteiger charge is -2.52. The van der Waals surface area contributed by atoms with Gasteiger partial charge < -0.3 is 14.4 Å². The third-order valence-corrected chi connectivity index (χ3v) is 4.63. The van der Waals surface area contributed by atoms with Crippen LogP contribution in [0.1, 0.15) is 25.7 Å². The van der Waals surface area contributed by atoms with Crippen LogP contribution >= 0.6 is 0 Å². The largest absolute Gasteiger partial charge is 0.468 e. The van der Waals surface area contributed by atoms with Crippen LogP contribution in [0.5, 0.6) is 0 Å². The van der Waals surface area contributed by atoms with E-state index in [2.05, 4.69) is 0 Å². The van der Waals surface area contributed by atoms with E-state index in [1.165, 1.54) is 7.11 Å². The summed E-state index contributed by atoms with van der Waals surface area (Å²) in [5.74, 6) is -0.383. The molecule has 2 aliphatic heterocycles. The first-order chi connectivity index (χ1) is 8.62. The van der Waals surface area contributed by atoms with Gasteiger partial charge in [0.25, 0.3) is 0 Å². The lowest BCUT2D eigenvalue weighted by atomic mass is 9.73. The van der Waals surface area contributed by atoms with Gasteiger partial charge in [0.1, 0.15) is 5.41 Å². The molecular formula is C13H19NO4. The number of carbonyl (C=O) groups excluding carboxylic acids is 2. The quantitative estimate of drug-likeness (QED) is 0.533. The average molecular weight is 253 g/mol. The van der Waals surface area contributed by atoms with Crippen LogP contribution in [-0.4, -0.2) is 50.2 Å². The normalized spacial score (nSPS) is 27.5. The highest BCUT2D eigenvalue weighted by atomic mass is 16.5. The van der Waals surface area contributed by atoms with Crippen LogP contribution in [0.15, 0.2) is 0 Å². The van der Waals surface area contributed by atoms with E-state index in [9.17, 15) is 9.59 Å². The van der Waals surface area contributed by atoms with Crippen molar-refractivity contribution in [3.05, 3.63) is 0 Å². The summed E-state index contributed by atoms with van der Waals surface area (Å²) in [6.07, 6.45) is 3.35. The Morgan fingerprint density at radius 1 is 1.11 bits per heavy atom. The summed E-state index contributed by atoms with van der Waals surface area (Å²) in [5, 5.41) is 0. The smallest absolute Gasteiger partial charge is 0.321 e. The summed E-state index contributed by atoms with van der Waals surface area (Å²) in [6.45, 7) is 3.16. The zero-order valence-electron chi connectivity index (χ0n) is 10.7. The Morgan fingerprint density at radius 3 is 2.22 bits per heavy atom. The van der Waals surface area contributed by atoms with Crippen molar-refractivity contribution in [2.24, 2.45) is 10.8 Å². The Labute approximate surface area is 106 Å². The highest BCUT2D eigenvalue weighted by molar-refractivity contribution is 6.05. The van der Waals surface area contributed by atoms with E-state index in [-0.39, 0.29) is 17.3 Å². The first-order valence-electron chi connectivity index (χ1n) is 6.58. The van der Waals surface area contributed by atoms with Gasteiger partial charge in [0.2, 0.25) is 5.91 Å². The van der Waals surface area contributed by atoms with Gasteiger partial charge in [-0.3, -0.25) is 9.59 Å². The Bertz CT molecular complexity index is 374. The van der Waals surface area contributed by atoms with Gasteiger partial charge in [0.05, 0.1) is 7.11 Å². The molecule has 0 atom stereocenters. The molecule has 100 valence electrons. The van der Waals surface area contributed by atoms with Crippen molar-refractivity contribution in [3.63, 3.8) is 0 Å². The molecule has 3 aliphatic rings. The molecule has 0 aromatic carbocycles. The third-order valence-electron chi connectivity index (χ3n) is 4.63. The molecule has 1 spiro atoms. The number of amides is 1. The minimum absolute atomic E-state index is 0.0218. The summed E-state index contributed by atoms with van der Waals surface area (Å²) in [4.78, 5) is 25.8. The van der Waals surface area contributed by atoms with Gasteiger partial charge in [-0.05, 0) is 25.7 Å². The molecule has 2 saturated heterocycles. The SMILES string of the molecule is COC(=O)C1(C(=O)N2CC3(CCOCC3)C2)CC1. The summed E-state index contributed by atoms with van der Waals surface area (Å²) in [7, 11) is 1.35. The number of likely N-dealkylation sites (tertiary alicyclic amines) is 1. The van der Waals surface area contributed by atoms with Crippen molar-refractivity contribution >= 4 is 11.9 Å². The lowest BCUT2D eigenvalue weighted by Crippen LogP contribution is -2.62. The minimum Gasteiger partial charge on any atom is -0.468 e. The van der Waals surface area contributed by atoms with Crippen molar-refractivity contribution in [1.29, 1.82) is 0 Å². The maximum Gasteiger partial charge on any atom is 0.321 e. The molecule has 1 aliphatic carbocycles. The van der Waals surface area contributed by atoms with Gasteiger partial charge in [-0.25, -0.2) is 0 Å². The van der Waals surface area contributed by atoms with Gasteiger partial charge in [-0.1, -0.05) is 0 Å². The second-order valence-electron chi connectivity index (χ2n) is 5.85. The molecule has 0 aromatic rings. The van der Waals surface area contributed by atoms with Crippen molar-refractivity contribution in [2.75, 3.05) is 33.4 Å². The first kappa shape index (κ1) is 12.0. The van der Waals surface area contributed by atoms with Crippen LogP contribution in [0.4, 0.5) is 0 Å². The van der Waals surface area contributed by atoms with Crippen LogP contribution in [0.2, 0.25) is 0 Å². The highest BCUT2D eigenvalue weighted by Crippen LogP contribution is 2.51. The monoisotopic (exact) mass is 253 g/mol. The summed E-state index contributed by atoms with van der Waals surface area (Å²) in [6, 6.07) is 0.